The maximum absolute atomic E-state index is 12.6. The first-order valence-corrected chi connectivity index (χ1v) is 7.72. The minimum Gasteiger partial charge on any atom is -0.269 e. The van der Waals surface area contributed by atoms with Gasteiger partial charge in [-0.3, -0.25) is 4.31 Å². The normalized spacial score (nSPS) is 20.3. The number of fused-ring (bicyclic) bond motifs is 2. The molecule has 0 fully saturated rings. The molecule has 0 N–H and O–H groups in total. The Kier molecular flexibility index (Phi) is 2.80. The minimum absolute atomic E-state index is 0.272. The number of para-hydroxylation sites is 1. The first-order valence-electron chi connectivity index (χ1n) is 5.84. The summed E-state index contributed by atoms with van der Waals surface area (Å²) in [5.74, 6) is 0. The third-order valence-electron chi connectivity index (χ3n) is 3.38. The molecule has 3 nitrogen and oxygen atoms in total. The Morgan fingerprint density at radius 3 is 2.32 bits per heavy atom. The second-order valence-corrected chi connectivity index (χ2v) is 6.81. The highest BCUT2D eigenvalue weighted by Gasteiger charge is 2.33. The molecule has 0 saturated heterocycles. The van der Waals surface area contributed by atoms with Crippen molar-refractivity contribution >= 4 is 27.3 Å². The van der Waals surface area contributed by atoms with E-state index in [4.69, 9.17) is 11.6 Å². The van der Waals surface area contributed by atoms with Crippen LogP contribution in [0, 0.1) is 0 Å². The van der Waals surface area contributed by atoms with Gasteiger partial charge >= 0.3 is 0 Å². The molecule has 0 amide bonds. The Labute approximate surface area is 117 Å². The van der Waals surface area contributed by atoms with Crippen LogP contribution in [0.2, 0.25) is 0 Å². The van der Waals surface area contributed by atoms with Crippen LogP contribution in [0.4, 0.5) is 5.69 Å². The summed E-state index contributed by atoms with van der Waals surface area (Å²) in [6.07, 6.45) is 0. The van der Waals surface area contributed by atoms with Crippen molar-refractivity contribution in [1.29, 1.82) is 0 Å². The second-order valence-electron chi connectivity index (χ2n) is 4.43. The molecule has 19 heavy (non-hydrogen) atoms. The van der Waals surface area contributed by atoms with E-state index in [0.717, 1.165) is 5.56 Å². The second kappa shape index (κ2) is 4.25. The molecule has 0 aromatic heterocycles. The summed E-state index contributed by atoms with van der Waals surface area (Å²) in [5, 5.41) is -0.466. The number of anilines is 1. The Morgan fingerprint density at radius 1 is 1.00 bits per heavy atom. The summed E-state index contributed by atoms with van der Waals surface area (Å²) in [6, 6.07) is 14.2. The van der Waals surface area contributed by atoms with Crippen molar-refractivity contribution in [3.8, 4) is 0 Å². The summed E-state index contributed by atoms with van der Waals surface area (Å²) in [6.45, 7) is 0. The quantitative estimate of drug-likeness (QED) is 0.700. The van der Waals surface area contributed by atoms with Crippen molar-refractivity contribution in [3.05, 3.63) is 59.7 Å². The molecule has 3 rings (SSSR count). The number of alkyl halides is 1. The van der Waals surface area contributed by atoms with Crippen LogP contribution in [0.25, 0.3) is 0 Å². The molecule has 1 aliphatic rings. The molecule has 1 heterocycles. The maximum Gasteiger partial charge on any atom is 0.264 e. The average Bonchev–Trinajstić information content (AvgIpc) is 2.50. The van der Waals surface area contributed by atoms with Gasteiger partial charge < -0.3 is 0 Å². The van der Waals surface area contributed by atoms with E-state index in [-0.39, 0.29) is 4.90 Å². The first kappa shape index (κ1) is 12.5. The Bertz CT molecular complexity index is 743. The van der Waals surface area contributed by atoms with E-state index in [1.54, 1.807) is 37.4 Å². The van der Waals surface area contributed by atoms with Crippen LogP contribution < -0.4 is 4.31 Å². The first-order chi connectivity index (χ1) is 9.03. The van der Waals surface area contributed by atoms with Crippen LogP contribution >= 0.6 is 11.6 Å². The monoisotopic (exact) mass is 293 g/mol. The van der Waals surface area contributed by atoms with E-state index in [9.17, 15) is 8.42 Å². The van der Waals surface area contributed by atoms with E-state index in [1.165, 1.54) is 4.31 Å². The highest BCUT2D eigenvalue weighted by molar-refractivity contribution is 7.92. The number of hydrogen-bond acceptors (Lipinski definition) is 2. The number of halogens is 1. The number of nitrogens with zero attached hydrogens (tertiary/aromatic N) is 1. The standard InChI is InChI=1S/C14H12ClNO2S/c1-16-12-8-4-2-6-10(12)14(15)11-7-3-5-9-13(11)19(16,17)18/h2-9,14H,1H3. The summed E-state index contributed by atoms with van der Waals surface area (Å²) >= 11 is 6.48. The lowest BCUT2D eigenvalue weighted by Gasteiger charge is -2.19. The van der Waals surface area contributed by atoms with Gasteiger partial charge in [-0.25, -0.2) is 8.42 Å². The van der Waals surface area contributed by atoms with Crippen molar-refractivity contribution in [2.24, 2.45) is 0 Å². The highest BCUT2D eigenvalue weighted by atomic mass is 35.5. The Morgan fingerprint density at radius 2 is 1.58 bits per heavy atom. The fourth-order valence-corrected chi connectivity index (χ4v) is 4.25. The number of rotatable bonds is 0. The molecule has 2 aromatic rings. The van der Waals surface area contributed by atoms with E-state index in [0.29, 0.717) is 11.3 Å². The van der Waals surface area contributed by atoms with Crippen molar-refractivity contribution in [3.63, 3.8) is 0 Å². The number of hydrogen-bond donors (Lipinski definition) is 0. The van der Waals surface area contributed by atoms with Gasteiger partial charge in [-0.15, -0.1) is 11.6 Å². The predicted molar refractivity (Wildman–Crippen MR) is 76.2 cm³/mol. The molecular formula is C14H12ClNO2S. The van der Waals surface area contributed by atoms with Crippen LogP contribution in [-0.2, 0) is 10.0 Å². The van der Waals surface area contributed by atoms with Crippen LogP contribution in [0.1, 0.15) is 16.5 Å². The molecular weight excluding hydrogens is 282 g/mol. The van der Waals surface area contributed by atoms with E-state index in [2.05, 4.69) is 0 Å². The molecule has 1 aliphatic heterocycles. The Balaban J connectivity index is 2.41. The van der Waals surface area contributed by atoms with Crippen molar-refractivity contribution < 1.29 is 8.42 Å². The fraction of sp³-hybridized carbons (Fsp3) is 0.143. The topological polar surface area (TPSA) is 37.4 Å². The van der Waals surface area contributed by atoms with Gasteiger partial charge in [0.25, 0.3) is 10.0 Å². The zero-order valence-corrected chi connectivity index (χ0v) is 11.8. The molecule has 1 unspecified atom stereocenters. The average molecular weight is 294 g/mol. The van der Waals surface area contributed by atoms with Crippen LogP contribution in [0.5, 0.6) is 0 Å². The Hall–Kier alpha value is -1.52. The zero-order chi connectivity index (χ0) is 13.6. The molecule has 0 bridgehead atoms. The lowest BCUT2D eigenvalue weighted by atomic mass is 10.0. The number of benzene rings is 2. The molecule has 2 aromatic carbocycles. The van der Waals surface area contributed by atoms with Crippen molar-refractivity contribution in [2.45, 2.75) is 10.3 Å². The lowest BCUT2D eigenvalue weighted by Crippen LogP contribution is -2.26. The third kappa shape index (κ3) is 1.75. The van der Waals surface area contributed by atoms with E-state index in [1.807, 2.05) is 18.2 Å². The van der Waals surface area contributed by atoms with Crippen LogP contribution in [0.3, 0.4) is 0 Å². The number of sulfonamides is 1. The molecule has 0 spiro atoms. The van der Waals surface area contributed by atoms with Gasteiger partial charge in [0.2, 0.25) is 0 Å². The summed E-state index contributed by atoms with van der Waals surface area (Å²) < 4.78 is 26.5. The summed E-state index contributed by atoms with van der Waals surface area (Å²) in [4.78, 5) is 0.272. The molecule has 0 saturated carbocycles. The van der Waals surface area contributed by atoms with Crippen LogP contribution in [0.15, 0.2) is 53.4 Å². The molecule has 1 atom stereocenters. The SMILES string of the molecule is CN1c2ccccc2C(Cl)c2ccccc2S1(=O)=O. The smallest absolute Gasteiger partial charge is 0.264 e. The summed E-state index contributed by atoms with van der Waals surface area (Å²) in [5.41, 5.74) is 2.06. The van der Waals surface area contributed by atoms with Gasteiger partial charge in [0.15, 0.2) is 0 Å². The fourth-order valence-electron chi connectivity index (χ4n) is 2.36. The lowest BCUT2D eigenvalue weighted by molar-refractivity contribution is 0.594. The van der Waals surface area contributed by atoms with Gasteiger partial charge in [0, 0.05) is 7.05 Å². The molecule has 5 heteroatoms. The van der Waals surface area contributed by atoms with Gasteiger partial charge in [-0.05, 0) is 23.3 Å². The third-order valence-corrected chi connectivity index (χ3v) is 5.70. The van der Waals surface area contributed by atoms with Gasteiger partial charge in [-0.2, -0.15) is 0 Å². The van der Waals surface area contributed by atoms with Gasteiger partial charge in [0.05, 0.1) is 16.0 Å². The largest absolute Gasteiger partial charge is 0.269 e. The predicted octanol–water partition coefficient (Wildman–Crippen LogP) is 3.15. The van der Waals surface area contributed by atoms with Crippen LogP contribution in [-0.4, -0.2) is 15.5 Å². The van der Waals surface area contributed by atoms with E-state index < -0.39 is 15.4 Å². The van der Waals surface area contributed by atoms with E-state index >= 15 is 0 Å². The van der Waals surface area contributed by atoms with Gasteiger partial charge in [0.1, 0.15) is 0 Å². The highest BCUT2D eigenvalue weighted by Crippen LogP contribution is 2.42. The summed E-state index contributed by atoms with van der Waals surface area (Å²) in [7, 11) is -2.00. The minimum atomic E-state index is -3.55. The van der Waals surface area contributed by atoms with Crippen molar-refractivity contribution in [2.75, 3.05) is 11.4 Å². The molecule has 98 valence electrons. The van der Waals surface area contributed by atoms with Crippen molar-refractivity contribution in [1.82, 2.24) is 0 Å². The maximum atomic E-state index is 12.6. The molecule has 0 radical (unpaired) electrons. The van der Waals surface area contributed by atoms with Gasteiger partial charge in [-0.1, -0.05) is 36.4 Å². The molecule has 0 aliphatic carbocycles. The zero-order valence-electron chi connectivity index (χ0n) is 10.2.